The summed E-state index contributed by atoms with van der Waals surface area (Å²) in [6, 6.07) is 21.4. The molecule has 0 radical (unpaired) electrons. The van der Waals surface area contributed by atoms with Crippen LogP contribution in [0.5, 0.6) is 11.5 Å². The molecule has 0 spiro atoms. The van der Waals surface area contributed by atoms with Crippen molar-refractivity contribution < 1.29 is 19.1 Å². The van der Waals surface area contributed by atoms with E-state index in [-0.39, 0.29) is 24.2 Å². The maximum Gasteiger partial charge on any atom is 0.234 e. The number of thioether (sulfide) groups is 1. The first-order valence-corrected chi connectivity index (χ1v) is 12.5. The molecule has 0 atom stereocenters. The first-order valence-electron chi connectivity index (χ1n) is 11.2. The second kappa shape index (κ2) is 12.3. The smallest absolute Gasteiger partial charge is 0.234 e. The van der Waals surface area contributed by atoms with E-state index in [1.54, 1.807) is 55.6 Å². The first-order chi connectivity index (χ1) is 17.9. The van der Waals surface area contributed by atoms with Crippen LogP contribution < -0.4 is 20.1 Å². The fraction of sp³-hybridized carbons (Fsp3) is 0.154. The third-order valence-electron chi connectivity index (χ3n) is 5.03. The zero-order chi connectivity index (χ0) is 26.2. The molecule has 0 saturated heterocycles. The third-order valence-corrected chi connectivity index (χ3v) is 6.21. The predicted molar refractivity (Wildman–Crippen MR) is 144 cm³/mol. The van der Waals surface area contributed by atoms with Crippen LogP contribution in [0, 0.1) is 0 Å². The Kier molecular flexibility index (Phi) is 8.65. The molecule has 2 N–H and O–H groups in total. The minimum absolute atomic E-state index is 0.111. The lowest BCUT2D eigenvalue weighted by Crippen LogP contribution is -2.15. The second-order valence-electron chi connectivity index (χ2n) is 7.77. The van der Waals surface area contributed by atoms with Gasteiger partial charge in [-0.25, -0.2) is 0 Å². The maximum atomic E-state index is 12.6. The number of carbonyl (C=O) groups is 2. The molecule has 3 aromatic carbocycles. The van der Waals surface area contributed by atoms with Crippen molar-refractivity contribution >= 4 is 46.6 Å². The Bertz CT molecular complexity index is 1360. The largest absolute Gasteiger partial charge is 0.497 e. The normalized spacial score (nSPS) is 10.6. The number of aromatic nitrogens is 3. The van der Waals surface area contributed by atoms with E-state index in [1.165, 1.54) is 18.7 Å². The molecule has 0 fully saturated rings. The highest BCUT2D eigenvalue weighted by Gasteiger charge is 2.17. The molecule has 4 rings (SSSR count). The molecule has 0 saturated carbocycles. The molecule has 1 heterocycles. The van der Waals surface area contributed by atoms with Crippen LogP contribution in [0.15, 0.2) is 78.0 Å². The fourth-order valence-electron chi connectivity index (χ4n) is 3.32. The Hall–Kier alpha value is -4.02. The molecule has 4 aromatic rings. The second-order valence-corrected chi connectivity index (χ2v) is 9.15. The highest BCUT2D eigenvalue weighted by molar-refractivity contribution is 7.99. The maximum absolute atomic E-state index is 12.6. The van der Waals surface area contributed by atoms with Crippen molar-refractivity contribution in [3.63, 3.8) is 0 Å². The van der Waals surface area contributed by atoms with Gasteiger partial charge in [-0.1, -0.05) is 23.4 Å². The van der Waals surface area contributed by atoms with E-state index in [1.807, 2.05) is 28.8 Å². The summed E-state index contributed by atoms with van der Waals surface area (Å²) >= 11 is 7.21. The van der Waals surface area contributed by atoms with Crippen molar-refractivity contribution in [2.75, 3.05) is 23.5 Å². The molecule has 190 valence electrons. The van der Waals surface area contributed by atoms with E-state index < -0.39 is 0 Å². The number of hydrogen-bond acceptors (Lipinski definition) is 7. The zero-order valence-electron chi connectivity index (χ0n) is 20.1. The van der Waals surface area contributed by atoms with E-state index >= 15 is 0 Å². The zero-order valence-corrected chi connectivity index (χ0v) is 21.7. The predicted octanol–water partition coefficient (Wildman–Crippen LogP) is 5.20. The first kappa shape index (κ1) is 26.1. The lowest BCUT2D eigenvalue weighted by molar-refractivity contribution is -0.114. The highest BCUT2D eigenvalue weighted by Crippen LogP contribution is 2.25. The van der Waals surface area contributed by atoms with Crippen LogP contribution in [0.2, 0.25) is 5.02 Å². The number of nitrogens with one attached hydrogen (secondary N) is 2. The Morgan fingerprint density at radius 2 is 1.51 bits per heavy atom. The molecule has 2 amide bonds. The van der Waals surface area contributed by atoms with Gasteiger partial charge < -0.3 is 20.1 Å². The monoisotopic (exact) mass is 537 g/mol. The Labute approximate surface area is 223 Å². The van der Waals surface area contributed by atoms with Crippen LogP contribution in [0.1, 0.15) is 12.7 Å². The average Bonchev–Trinajstić information content (AvgIpc) is 3.31. The van der Waals surface area contributed by atoms with Gasteiger partial charge in [-0.2, -0.15) is 0 Å². The number of amides is 2. The number of hydrogen-bond donors (Lipinski definition) is 2. The molecule has 0 aliphatic heterocycles. The number of anilines is 2. The van der Waals surface area contributed by atoms with Gasteiger partial charge in [0.1, 0.15) is 18.1 Å². The summed E-state index contributed by atoms with van der Waals surface area (Å²) in [5, 5.41) is 15.3. The summed E-state index contributed by atoms with van der Waals surface area (Å²) in [6.07, 6.45) is 0. The van der Waals surface area contributed by atoms with Gasteiger partial charge in [-0.15, -0.1) is 10.2 Å². The van der Waals surface area contributed by atoms with Crippen molar-refractivity contribution in [3.05, 3.63) is 83.6 Å². The van der Waals surface area contributed by atoms with Crippen LogP contribution >= 0.6 is 23.4 Å². The van der Waals surface area contributed by atoms with Gasteiger partial charge in [0.2, 0.25) is 11.8 Å². The van der Waals surface area contributed by atoms with Crippen molar-refractivity contribution in [1.82, 2.24) is 14.8 Å². The minimum Gasteiger partial charge on any atom is -0.497 e. The summed E-state index contributed by atoms with van der Waals surface area (Å²) < 4.78 is 13.0. The minimum atomic E-state index is -0.208. The molecule has 1 aromatic heterocycles. The van der Waals surface area contributed by atoms with E-state index in [2.05, 4.69) is 20.8 Å². The molecule has 0 aliphatic carbocycles. The van der Waals surface area contributed by atoms with Gasteiger partial charge in [-0.05, 0) is 72.8 Å². The van der Waals surface area contributed by atoms with Gasteiger partial charge in [0.25, 0.3) is 0 Å². The summed E-state index contributed by atoms with van der Waals surface area (Å²) in [5.41, 5.74) is 2.08. The van der Waals surface area contributed by atoms with Crippen molar-refractivity contribution in [1.29, 1.82) is 0 Å². The van der Waals surface area contributed by atoms with Crippen LogP contribution in [-0.4, -0.2) is 39.4 Å². The van der Waals surface area contributed by atoms with Crippen molar-refractivity contribution in [2.45, 2.75) is 18.7 Å². The van der Waals surface area contributed by atoms with E-state index in [0.29, 0.717) is 38.9 Å². The summed E-state index contributed by atoms with van der Waals surface area (Å²) in [5.74, 6) is 1.67. The van der Waals surface area contributed by atoms with Crippen LogP contribution in [-0.2, 0) is 16.2 Å². The SMILES string of the molecule is COc1ccc(-n2c(COc3ccc(Cl)cc3)nnc2SCC(=O)Nc2ccc(NC(C)=O)cc2)cc1. The van der Waals surface area contributed by atoms with Gasteiger partial charge >= 0.3 is 0 Å². The molecule has 9 nitrogen and oxygen atoms in total. The molecule has 0 bridgehead atoms. The lowest BCUT2D eigenvalue weighted by Gasteiger charge is -2.12. The van der Waals surface area contributed by atoms with E-state index in [4.69, 9.17) is 21.1 Å². The van der Waals surface area contributed by atoms with Gasteiger partial charge in [0, 0.05) is 29.0 Å². The number of rotatable bonds is 10. The van der Waals surface area contributed by atoms with Gasteiger partial charge in [0.05, 0.1) is 12.9 Å². The van der Waals surface area contributed by atoms with Crippen LogP contribution in [0.25, 0.3) is 5.69 Å². The van der Waals surface area contributed by atoms with Crippen molar-refractivity contribution in [2.24, 2.45) is 0 Å². The molecule has 0 aliphatic rings. The van der Waals surface area contributed by atoms with E-state index in [0.717, 1.165) is 5.69 Å². The number of nitrogens with zero attached hydrogens (tertiary/aromatic N) is 3. The molecular formula is C26H24ClN5O4S. The number of halogens is 1. The Balaban J connectivity index is 1.46. The Morgan fingerprint density at radius 3 is 2.14 bits per heavy atom. The highest BCUT2D eigenvalue weighted by atomic mass is 35.5. The van der Waals surface area contributed by atoms with Crippen molar-refractivity contribution in [3.8, 4) is 17.2 Å². The average molecular weight is 538 g/mol. The fourth-order valence-corrected chi connectivity index (χ4v) is 4.22. The number of methoxy groups -OCH3 is 1. The summed E-state index contributed by atoms with van der Waals surface area (Å²) in [6.45, 7) is 1.60. The lowest BCUT2D eigenvalue weighted by atomic mass is 10.3. The topological polar surface area (TPSA) is 107 Å². The van der Waals surface area contributed by atoms with Gasteiger partial charge in [-0.3, -0.25) is 14.2 Å². The van der Waals surface area contributed by atoms with E-state index in [9.17, 15) is 9.59 Å². The van der Waals surface area contributed by atoms with Crippen LogP contribution in [0.4, 0.5) is 11.4 Å². The molecule has 0 unspecified atom stereocenters. The van der Waals surface area contributed by atoms with Crippen LogP contribution in [0.3, 0.4) is 0 Å². The molecule has 11 heteroatoms. The third kappa shape index (κ3) is 7.25. The summed E-state index contributed by atoms with van der Waals surface area (Å²) in [4.78, 5) is 23.8. The number of benzene rings is 3. The number of carbonyl (C=O) groups excluding carboxylic acids is 2. The molecular weight excluding hydrogens is 514 g/mol. The summed E-state index contributed by atoms with van der Waals surface area (Å²) in [7, 11) is 1.60. The standard InChI is InChI=1S/C26H24ClN5O4S/c1-17(33)28-19-5-7-20(8-6-19)29-25(34)16-37-26-31-30-24(15-36-23-11-3-18(27)4-12-23)32(26)21-9-13-22(35-2)14-10-21/h3-14H,15-16H2,1-2H3,(H,28,33)(H,29,34). The Morgan fingerprint density at radius 1 is 0.892 bits per heavy atom. The van der Waals surface area contributed by atoms with Gasteiger partial charge in [0.15, 0.2) is 11.0 Å². The quantitative estimate of drug-likeness (QED) is 0.268. The molecule has 37 heavy (non-hydrogen) atoms. The number of ether oxygens (including phenoxy) is 2.